The Morgan fingerprint density at radius 1 is 0.479 bits per heavy atom. The Labute approximate surface area is 277 Å². The van der Waals surface area contributed by atoms with Crippen molar-refractivity contribution in [3.05, 3.63) is 185 Å². The first-order valence-electron chi connectivity index (χ1n) is 16.1. The van der Waals surface area contributed by atoms with E-state index in [4.69, 9.17) is 9.47 Å². The van der Waals surface area contributed by atoms with Crippen LogP contribution in [0.25, 0.3) is 35.1 Å². The third kappa shape index (κ3) is 5.43. The fraction of sp³-hybridized carbons (Fsp3) is 0.146. The van der Waals surface area contributed by atoms with Crippen molar-refractivity contribution < 1.29 is 9.47 Å². The fourth-order valence-electron chi connectivity index (χ4n) is 6.48. The van der Waals surface area contributed by atoms with Crippen molar-refractivity contribution in [3.63, 3.8) is 0 Å². The predicted molar refractivity (Wildman–Crippen MR) is 190 cm³/mol. The molecule has 0 amide bonds. The van der Waals surface area contributed by atoms with Crippen molar-refractivity contribution in [2.24, 2.45) is 0 Å². The molecule has 7 rings (SSSR count). The maximum absolute atomic E-state index is 13.9. The van der Waals surface area contributed by atoms with E-state index in [9.17, 15) is 14.4 Å². The number of rotatable bonds is 8. The molecule has 2 heterocycles. The average molecular weight is 635 g/mol. The topological polar surface area (TPSA) is 76.2 Å². The van der Waals surface area contributed by atoms with Crippen molar-refractivity contribution in [3.8, 4) is 0 Å². The summed E-state index contributed by atoms with van der Waals surface area (Å²) in [4.78, 5) is 44.9. The first-order chi connectivity index (χ1) is 23.5. The third-order valence-corrected chi connectivity index (χ3v) is 8.75. The van der Waals surface area contributed by atoms with Crippen molar-refractivity contribution in [2.45, 2.75) is 26.3 Å². The lowest BCUT2D eigenvalue weighted by atomic mass is 10.1. The monoisotopic (exact) mass is 634 g/mol. The van der Waals surface area contributed by atoms with E-state index in [0.717, 1.165) is 33.6 Å². The van der Waals surface area contributed by atoms with Crippen LogP contribution in [0.1, 0.15) is 36.1 Å². The van der Waals surface area contributed by atoms with Crippen LogP contribution in [-0.4, -0.2) is 35.3 Å². The Morgan fingerprint density at radius 2 is 0.792 bits per heavy atom. The summed E-state index contributed by atoms with van der Waals surface area (Å²) in [5, 5.41) is -0.394. The lowest BCUT2D eigenvalue weighted by molar-refractivity contribution is 0.134. The Kier molecular flexibility index (Phi) is 8.34. The second kappa shape index (κ2) is 13.0. The number of nitrogens with zero attached hydrogens (tertiary/aromatic N) is 2. The highest BCUT2D eigenvalue weighted by molar-refractivity contribution is 5.90. The van der Waals surface area contributed by atoms with Crippen LogP contribution in [-0.2, 0) is 9.47 Å². The molecule has 0 spiro atoms. The zero-order chi connectivity index (χ0) is 33.2. The van der Waals surface area contributed by atoms with Gasteiger partial charge in [0.25, 0.3) is 0 Å². The van der Waals surface area contributed by atoms with Crippen molar-refractivity contribution in [1.29, 1.82) is 0 Å². The van der Waals surface area contributed by atoms with Crippen LogP contribution < -0.4 is 26.7 Å². The molecule has 2 aliphatic heterocycles. The molecular weight excluding hydrogens is 600 g/mol. The van der Waals surface area contributed by atoms with Gasteiger partial charge in [-0.25, -0.2) is 0 Å². The maximum Gasteiger partial charge on any atom is 0.237 e. The molecule has 0 aliphatic carbocycles. The Morgan fingerprint density at radius 3 is 1.10 bits per heavy atom. The van der Waals surface area contributed by atoms with Crippen LogP contribution in [0.4, 0.5) is 0 Å². The van der Waals surface area contributed by atoms with Crippen molar-refractivity contribution in [2.75, 3.05) is 13.1 Å². The smallest absolute Gasteiger partial charge is 0.237 e. The molecule has 5 aromatic carbocycles. The molecule has 7 heteroatoms. The molecule has 0 fully saturated rings. The van der Waals surface area contributed by atoms with E-state index in [1.165, 1.54) is 12.2 Å². The third-order valence-electron chi connectivity index (χ3n) is 8.75. The molecule has 2 unspecified atom stereocenters. The molecule has 0 bridgehead atoms. The second-order valence-electron chi connectivity index (χ2n) is 11.6. The fourth-order valence-corrected chi connectivity index (χ4v) is 6.48. The molecule has 2 atom stereocenters. The van der Waals surface area contributed by atoms with Crippen molar-refractivity contribution >= 4 is 35.1 Å². The van der Waals surface area contributed by atoms with Gasteiger partial charge in [0.15, 0.2) is 24.0 Å². The van der Waals surface area contributed by atoms with Crippen LogP contribution in [0.3, 0.4) is 0 Å². The molecule has 7 nitrogen and oxygen atoms in total. The lowest BCUT2D eigenvalue weighted by Crippen LogP contribution is -2.41. The average Bonchev–Trinajstić information content (AvgIpc) is 3.76. The first-order valence-corrected chi connectivity index (χ1v) is 16.1. The van der Waals surface area contributed by atoms with Crippen molar-refractivity contribution in [1.82, 2.24) is 9.80 Å². The van der Waals surface area contributed by atoms with Gasteiger partial charge in [0.2, 0.25) is 16.3 Å². The molecule has 0 radical (unpaired) electrons. The van der Waals surface area contributed by atoms with E-state index in [1.54, 1.807) is 0 Å². The summed E-state index contributed by atoms with van der Waals surface area (Å²) in [5.41, 5.74) is 2.97. The normalized spacial score (nSPS) is 18.5. The van der Waals surface area contributed by atoms with Crippen LogP contribution in [0, 0.1) is 0 Å². The minimum atomic E-state index is -0.846. The van der Waals surface area contributed by atoms with E-state index < -0.39 is 28.7 Å². The number of benzene rings is 4. The number of hydrogen-bond acceptors (Lipinski definition) is 7. The Hall–Kier alpha value is -5.95. The molecule has 0 saturated heterocycles. The molecule has 0 N–H and O–H groups in total. The van der Waals surface area contributed by atoms with E-state index in [1.807, 2.05) is 145 Å². The van der Waals surface area contributed by atoms with Crippen LogP contribution in [0.2, 0.25) is 0 Å². The number of hydrogen-bond donors (Lipinski definition) is 0. The van der Waals surface area contributed by atoms with Gasteiger partial charge in [-0.1, -0.05) is 121 Å². The lowest BCUT2D eigenvalue weighted by Gasteiger charge is -2.24. The van der Waals surface area contributed by atoms with Gasteiger partial charge < -0.3 is 19.3 Å². The van der Waals surface area contributed by atoms with Gasteiger partial charge in [-0.2, -0.15) is 0 Å². The van der Waals surface area contributed by atoms with E-state index in [2.05, 4.69) is 0 Å². The van der Waals surface area contributed by atoms with E-state index in [0.29, 0.717) is 24.6 Å². The number of ether oxygens (including phenoxy) is 2. The summed E-state index contributed by atoms with van der Waals surface area (Å²) >= 11 is 0. The quantitative estimate of drug-likeness (QED) is 0.231. The van der Waals surface area contributed by atoms with Crippen LogP contribution in [0.15, 0.2) is 136 Å². The summed E-state index contributed by atoms with van der Waals surface area (Å²) in [6.45, 7) is 5.04. The Bertz CT molecular complexity index is 2110. The van der Waals surface area contributed by atoms with Gasteiger partial charge in [0.05, 0.1) is 21.8 Å². The molecule has 48 heavy (non-hydrogen) atoms. The molecule has 5 aromatic rings. The standard InChI is InChI=1S/C41H34N2O5/c1-3-42-33(47-40(29-21-13-7-14-22-29)35(42)27-17-9-5-10-18-27)25-31-37(44)32(39(46)38(31)45)26-34-43(4-2)36(28-19-11-6-12-20-28)41(48-34)30-23-15-8-16-24-30/h5-26,33-34H,3-4H2,1-2H3/b31-25-,32-26-. The molecule has 238 valence electrons. The highest BCUT2D eigenvalue weighted by Gasteiger charge is 2.35. The molecule has 0 aromatic heterocycles. The summed E-state index contributed by atoms with van der Waals surface area (Å²) in [6.07, 6.45) is 1.42. The largest absolute Gasteiger partial charge is 0.464 e. The minimum absolute atomic E-state index is 0.197. The van der Waals surface area contributed by atoms with Gasteiger partial charge in [-0.15, -0.1) is 0 Å². The molecule has 0 saturated carbocycles. The minimum Gasteiger partial charge on any atom is -0.464 e. The summed E-state index contributed by atoms with van der Waals surface area (Å²) in [5.74, 6) is 1.27. The van der Waals surface area contributed by atoms with Gasteiger partial charge in [0, 0.05) is 35.3 Å². The first kappa shape index (κ1) is 30.7. The van der Waals surface area contributed by atoms with Crippen LogP contribution in [0.5, 0.6) is 0 Å². The van der Waals surface area contributed by atoms with Gasteiger partial charge in [0.1, 0.15) is 0 Å². The summed E-state index contributed by atoms with van der Waals surface area (Å²) < 4.78 is 13.0. The van der Waals surface area contributed by atoms with Gasteiger partial charge >= 0.3 is 0 Å². The van der Waals surface area contributed by atoms with Gasteiger partial charge in [-0.05, 0) is 26.0 Å². The molecule has 2 aliphatic rings. The van der Waals surface area contributed by atoms with E-state index in [-0.39, 0.29) is 10.4 Å². The van der Waals surface area contributed by atoms with Gasteiger partial charge in [-0.3, -0.25) is 14.4 Å². The second-order valence-corrected chi connectivity index (χ2v) is 11.6. The highest BCUT2D eigenvalue weighted by atomic mass is 16.5. The zero-order valence-electron chi connectivity index (χ0n) is 26.7. The maximum atomic E-state index is 13.9. The molecular formula is C41H34N2O5. The highest BCUT2D eigenvalue weighted by Crippen LogP contribution is 2.40. The predicted octanol–water partition coefficient (Wildman–Crippen LogP) is 4.61. The SMILES string of the molecule is CCN1C(c2ccccc2)=C(c2ccccc2)OC1/C=c1\c(=O)c(=O)/c(=C\C2OC(c3ccccc3)=C(c3ccccc3)N2CC)c1=O. The van der Waals surface area contributed by atoms with E-state index >= 15 is 0 Å². The summed E-state index contributed by atoms with van der Waals surface area (Å²) in [6, 6.07) is 39.1. The Balaban J connectivity index is 1.31. The van der Waals surface area contributed by atoms with Crippen LogP contribution >= 0.6 is 0 Å². The zero-order valence-corrected chi connectivity index (χ0v) is 26.7. The summed E-state index contributed by atoms with van der Waals surface area (Å²) in [7, 11) is 0.